The van der Waals surface area contributed by atoms with Crippen molar-refractivity contribution in [2.24, 2.45) is 5.92 Å². The normalized spacial score (nSPS) is 13.8. The number of hydrogen-bond donors (Lipinski definition) is 2. The Morgan fingerprint density at radius 2 is 1.18 bits per heavy atom. The number of aliphatic hydroxyl groups excluding tert-OH is 2. The topological polar surface area (TPSA) is 93.1 Å². The van der Waals surface area contributed by atoms with E-state index in [0.29, 0.717) is 19.3 Å². The highest BCUT2D eigenvalue weighted by atomic mass is 16.6. The first-order chi connectivity index (χ1) is 24.4. The predicted octanol–water partition coefficient (Wildman–Crippen LogP) is 12.1. The molecular formula is C44H80O6. The minimum Gasteiger partial charge on any atom is -0.462 e. The molecule has 3 atom stereocenters. The van der Waals surface area contributed by atoms with Crippen LogP contribution < -0.4 is 0 Å². The number of carbonyl (C=O) groups is 2. The molecule has 0 aromatic carbocycles. The maximum Gasteiger partial charge on any atom is 0.306 e. The van der Waals surface area contributed by atoms with Gasteiger partial charge in [-0.15, -0.1) is 0 Å². The van der Waals surface area contributed by atoms with Crippen molar-refractivity contribution in [2.75, 3.05) is 13.2 Å². The highest BCUT2D eigenvalue weighted by molar-refractivity contribution is 5.70. The molecule has 0 amide bonds. The van der Waals surface area contributed by atoms with E-state index in [1.165, 1.54) is 122 Å². The van der Waals surface area contributed by atoms with E-state index in [9.17, 15) is 19.8 Å². The zero-order chi connectivity index (χ0) is 36.8. The fourth-order valence-corrected chi connectivity index (χ4v) is 5.95. The van der Waals surface area contributed by atoms with E-state index in [-0.39, 0.29) is 19.0 Å². The number of rotatable bonds is 37. The van der Waals surface area contributed by atoms with E-state index in [2.05, 4.69) is 39.0 Å². The molecule has 0 aliphatic heterocycles. The molecule has 0 bridgehead atoms. The Morgan fingerprint density at radius 1 is 0.620 bits per heavy atom. The number of ether oxygens (including phenoxy) is 2. The number of esters is 2. The van der Waals surface area contributed by atoms with Crippen molar-refractivity contribution in [3.63, 3.8) is 0 Å². The van der Waals surface area contributed by atoms with Crippen molar-refractivity contribution in [1.82, 2.24) is 0 Å². The van der Waals surface area contributed by atoms with Crippen LogP contribution >= 0.6 is 0 Å². The molecule has 2 N–H and O–H groups in total. The molecule has 0 radical (unpaired) electrons. The quantitative estimate of drug-likeness (QED) is 0.0289. The minimum absolute atomic E-state index is 0.132. The van der Waals surface area contributed by atoms with Gasteiger partial charge in [0.1, 0.15) is 6.61 Å². The summed E-state index contributed by atoms with van der Waals surface area (Å²) in [4.78, 5) is 24.3. The van der Waals surface area contributed by atoms with Crippen LogP contribution in [0.1, 0.15) is 201 Å². The van der Waals surface area contributed by atoms with Crippen molar-refractivity contribution in [2.45, 2.75) is 213 Å². The monoisotopic (exact) mass is 705 g/mol. The van der Waals surface area contributed by atoms with Crippen LogP contribution in [0.4, 0.5) is 0 Å². The third-order valence-corrected chi connectivity index (χ3v) is 9.58. The highest BCUT2D eigenvalue weighted by Crippen LogP contribution is 2.16. The van der Waals surface area contributed by atoms with Gasteiger partial charge in [-0.3, -0.25) is 9.59 Å². The fraction of sp³-hybridized carbons (Fsp3) is 0.818. The molecule has 6 heteroatoms. The standard InChI is InChI=1S/C44H80O6/c1-4-6-7-8-9-10-11-14-18-21-24-27-30-34-41(46)35-32-37-44(48)50-42(38-45)39-49-43(47)36-31-28-25-22-19-16-13-12-15-17-20-23-26-29-33-40(3)5-2/h14,18,24,27,30,34,40-42,45-46H,4-13,15-17,19-23,25-26,28-29,31-33,35-39H2,1-3H3/b18-14+,27-24+,34-30+/t40?,41?,42-/m0/s1. The van der Waals surface area contributed by atoms with Gasteiger partial charge in [-0.05, 0) is 44.4 Å². The third kappa shape index (κ3) is 35.9. The second-order valence-electron chi connectivity index (χ2n) is 14.5. The Bertz CT molecular complexity index is 834. The summed E-state index contributed by atoms with van der Waals surface area (Å²) in [7, 11) is 0. The largest absolute Gasteiger partial charge is 0.462 e. The number of aliphatic hydroxyl groups is 2. The number of unbranched alkanes of at least 4 members (excludes halogenated alkanes) is 19. The molecule has 0 aromatic heterocycles. The third-order valence-electron chi connectivity index (χ3n) is 9.58. The van der Waals surface area contributed by atoms with Gasteiger partial charge in [-0.1, -0.05) is 186 Å². The van der Waals surface area contributed by atoms with Gasteiger partial charge in [0.25, 0.3) is 0 Å². The Hall–Kier alpha value is -1.92. The van der Waals surface area contributed by atoms with Crippen LogP contribution in [-0.4, -0.2) is 47.6 Å². The molecule has 0 saturated heterocycles. The van der Waals surface area contributed by atoms with E-state index in [1.807, 2.05) is 12.2 Å². The molecule has 0 spiro atoms. The molecule has 292 valence electrons. The Labute approximate surface area is 309 Å². The van der Waals surface area contributed by atoms with Crippen molar-refractivity contribution in [3.05, 3.63) is 36.5 Å². The first-order valence-electron chi connectivity index (χ1n) is 21.0. The van der Waals surface area contributed by atoms with Crippen molar-refractivity contribution in [1.29, 1.82) is 0 Å². The SMILES string of the molecule is CCCCCCCC/C=C/C/C=C/C=C/C(O)CCCC(=O)O[C@@H](CO)COC(=O)CCCCCCCCCCCCCCCCC(C)CC. The van der Waals surface area contributed by atoms with Crippen LogP contribution in [0.2, 0.25) is 0 Å². The molecular weight excluding hydrogens is 624 g/mol. The highest BCUT2D eigenvalue weighted by Gasteiger charge is 2.16. The van der Waals surface area contributed by atoms with E-state index >= 15 is 0 Å². The molecule has 2 unspecified atom stereocenters. The van der Waals surface area contributed by atoms with Gasteiger partial charge in [0, 0.05) is 12.8 Å². The maximum atomic E-state index is 12.2. The van der Waals surface area contributed by atoms with Gasteiger partial charge in [0.2, 0.25) is 0 Å². The molecule has 0 aliphatic carbocycles. The number of hydrogen-bond acceptors (Lipinski definition) is 6. The lowest BCUT2D eigenvalue weighted by molar-refractivity contribution is -0.161. The number of carbonyl (C=O) groups excluding carboxylic acids is 2. The Morgan fingerprint density at radius 3 is 1.78 bits per heavy atom. The maximum absolute atomic E-state index is 12.2. The van der Waals surface area contributed by atoms with Gasteiger partial charge < -0.3 is 19.7 Å². The predicted molar refractivity (Wildman–Crippen MR) is 211 cm³/mol. The van der Waals surface area contributed by atoms with Crippen molar-refractivity contribution < 1.29 is 29.3 Å². The second-order valence-corrected chi connectivity index (χ2v) is 14.5. The molecule has 0 aliphatic rings. The lowest BCUT2D eigenvalue weighted by Crippen LogP contribution is -2.28. The van der Waals surface area contributed by atoms with Gasteiger partial charge in [0.15, 0.2) is 6.10 Å². The molecule has 0 fully saturated rings. The number of allylic oxidation sites excluding steroid dienone is 5. The minimum atomic E-state index is -0.860. The summed E-state index contributed by atoms with van der Waals surface area (Å²) in [6.45, 7) is 6.36. The van der Waals surface area contributed by atoms with E-state index in [0.717, 1.165) is 38.0 Å². The van der Waals surface area contributed by atoms with Gasteiger partial charge >= 0.3 is 11.9 Å². The summed E-state index contributed by atoms with van der Waals surface area (Å²) in [5.74, 6) is 0.111. The van der Waals surface area contributed by atoms with E-state index in [4.69, 9.17) is 9.47 Å². The second kappa shape index (κ2) is 38.3. The molecule has 0 rings (SSSR count). The van der Waals surface area contributed by atoms with Crippen LogP contribution in [0.15, 0.2) is 36.5 Å². The molecule has 0 saturated carbocycles. The average molecular weight is 705 g/mol. The zero-order valence-corrected chi connectivity index (χ0v) is 32.9. The Kier molecular flexibility index (Phi) is 36.8. The summed E-state index contributed by atoms with van der Waals surface area (Å²) >= 11 is 0. The summed E-state index contributed by atoms with van der Waals surface area (Å²) in [6.07, 6.45) is 42.3. The lowest BCUT2D eigenvalue weighted by atomic mass is 9.99. The zero-order valence-electron chi connectivity index (χ0n) is 32.9. The average Bonchev–Trinajstić information content (AvgIpc) is 3.11. The molecule has 6 nitrogen and oxygen atoms in total. The molecule has 0 heterocycles. The van der Waals surface area contributed by atoms with Crippen molar-refractivity contribution >= 4 is 11.9 Å². The van der Waals surface area contributed by atoms with Gasteiger partial charge in [0.05, 0.1) is 12.7 Å². The smallest absolute Gasteiger partial charge is 0.306 e. The summed E-state index contributed by atoms with van der Waals surface area (Å²) in [5.41, 5.74) is 0. The summed E-state index contributed by atoms with van der Waals surface area (Å²) in [5, 5.41) is 19.7. The molecule has 50 heavy (non-hydrogen) atoms. The fourth-order valence-electron chi connectivity index (χ4n) is 5.95. The van der Waals surface area contributed by atoms with Crippen LogP contribution in [0.3, 0.4) is 0 Å². The summed E-state index contributed by atoms with van der Waals surface area (Å²) < 4.78 is 10.5. The van der Waals surface area contributed by atoms with Crippen LogP contribution in [0.5, 0.6) is 0 Å². The lowest BCUT2D eigenvalue weighted by Gasteiger charge is -2.16. The van der Waals surface area contributed by atoms with Crippen LogP contribution in [-0.2, 0) is 19.1 Å². The first kappa shape index (κ1) is 48.1. The van der Waals surface area contributed by atoms with Crippen molar-refractivity contribution in [3.8, 4) is 0 Å². The van der Waals surface area contributed by atoms with Crippen LogP contribution in [0.25, 0.3) is 0 Å². The summed E-state index contributed by atoms with van der Waals surface area (Å²) in [6, 6.07) is 0. The first-order valence-corrected chi connectivity index (χ1v) is 21.0. The van der Waals surface area contributed by atoms with E-state index < -0.39 is 24.8 Å². The molecule has 0 aromatic rings. The van der Waals surface area contributed by atoms with E-state index in [1.54, 1.807) is 6.08 Å². The van der Waals surface area contributed by atoms with Gasteiger partial charge in [-0.25, -0.2) is 0 Å². The van der Waals surface area contributed by atoms with Gasteiger partial charge in [-0.2, -0.15) is 0 Å². The Balaban J connectivity index is 3.70. The van der Waals surface area contributed by atoms with Crippen LogP contribution in [0, 0.1) is 5.92 Å².